The molecule has 0 saturated heterocycles. The van der Waals surface area contributed by atoms with E-state index in [1.165, 1.54) is 0 Å². The van der Waals surface area contributed by atoms with Crippen molar-refractivity contribution >= 4 is 17.6 Å². The molecule has 0 spiro atoms. The van der Waals surface area contributed by atoms with Crippen molar-refractivity contribution in [1.82, 2.24) is 0 Å². The van der Waals surface area contributed by atoms with Crippen molar-refractivity contribution in [3.05, 3.63) is 30.3 Å². The summed E-state index contributed by atoms with van der Waals surface area (Å²) in [6.45, 7) is 1.91. The van der Waals surface area contributed by atoms with Crippen LogP contribution in [0.25, 0.3) is 0 Å². The lowest BCUT2D eigenvalue weighted by Crippen LogP contribution is -2.09. The normalized spacial score (nSPS) is 8.56. The molecular formula is C12H11NO3. The average molecular weight is 217 g/mol. The van der Waals surface area contributed by atoms with Gasteiger partial charge in [0.25, 0.3) is 0 Å². The van der Waals surface area contributed by atoms with E-state index in [0.717, 1.165) is 0 Å². The number of rotatable bonds is 2. The zero-order valence-electron chi connectivity index (χ0n) is 8.82. The molecule has 0 saturated carbocycles. The number of carbonyl (C=O) groups is 2. The molecule has 0 aliphatic rings. The van der Waals surface area contributed by atoms with Crippen molar-refractivity contribution in [2.75, 3.05) is 11.9 Å². The maximum Gasteiger partial charge on any atom is 0.384 e. The highest BCUT2D eigenvalue weighted by molar-refractivity contribution is 6.07. The SMILES string of the molecule is CCOC(=O)C#CC(=O)Nc1ccccc1. The molecule has 1 N–H and O–H groups in total. The van der Waals surface area contributed by atoms with Crippen LogP contribution in [-0.2, 0) is 14.3 Å². The number of para-hydroxylation sites is 1. The van der Waals surface area contributed by atoms with Gasteiger partial charge < -0.3 is 10.1 Å². The third-order valence-corrected chi connectivity index (χ3v) is 1.59. The van der Waals surface area contributed by atoms with Crippen LogP contribution in [0.15, 0.2) is 30.3 Å². The predicted octanol–water partition coefficient (Wildman–Crippen LogP) is 1.19. The first-order chi connectivity index (χ1) is 7.72. The van der Waals surface area contributed by atoms with Crippen molar-refractivity contribution in [3.63, 3.8) is 0 Å². The lowest BCUT2D eigenvalue weighted by molar-refractivity contribution is -0.136. The lowest BCUT2D eigenvalue weighted by atomic mass is 10.3. The Morgan fingerprint density at radius 2 is 1.94 bits per heavy atom. The first kappa shape index (κ1) is 11.8. The summed E-state index contributed by atoms with van der Waals surface area (Å²) in [6, 6.07) is 8.86. The summed E-state index contributed by atoms with van der Waals surface area (Å²) in [5.41, 5.74) is 0.630. The molecule has 1 aromatic carbocycles. The minimum absolute atomic E-state index is 0.244. The quantitative estimate of drug-likeness (QED) is 0.460. The number of anilines is 1. The van der Waals surface area contributed by atoms with Crippen LogP contribution in [0, 0.1) is 11.8 Å². The number of hydrogen-bond acceptors (Lipinski definition) is 3. The number of amides is 1. The summed E-state index contributed by atoms with van der Waals surface area (Å²) in [5, 5.41) is 2.52. The standard InChI is InChI=1S/C12H11NO3/c1-2-16-12(15)9-8-11(14)13-10-6-4-3-5-7-10/h3-7H,2H2,1H3,(H,13,14). The Bertz CT molecular complexity index is 429. The molecule has 16 heavy (non-hydrogen) atoms. The number of hydrogen-bond donors (Lipinski definition) is 1. The second kappa shape index (κ2) is 6.25. The fraction of sp³-hybridized carbons (Fsp3) is 0.167. The van der Waals surface area contributed by atoms with E-state index in [9.17, 15) is 9.59 Å². The molecule has 4 heteroatoms. The van der Waals surface area contributed by atoms with E-state index in [2.05, 4.69) is 21.9 Å². The summed E-state index contributed by atoms with van der Waals surface area (Å²) in [6.07, 6.45) is 0. The zero-order valence-corrected chi connectivity index (χ0v) is 8.82. The van der Waals surface area contributed by atoms with Crippen LogP contribution in [0.5, 0.6) is 0 Å². The molecule has 0 radical (unpaired) electrons. The summed E-state index contributed by atoms with van der Waals surface area (Å²) in [4.78, 5) is 22.1. The number of nitrogens with one attached hydrogen (secondary N) is 1. The van der Waals surface area contributed by atoms with Crippen LogP contribution < -0.4 is 5.32 Å². The van der Waals surface area contributed by atoms with Gasteiger partial charge in [-0.15, -0.1) is 0 Å². The van der Waals surface area contributed by atoms with E-state index in [1.807, 2.05) is 6.07 Å². The van der Waals surface area contributed by atoms with Gasteiger partial charge in [-0.05, 0) is 19.1 Å². The maximum atomic E-state index is 11.2. The number of benzene rings is 1. The molecular weight excluding hydrogens is 206 g/mol. The van der Waals surface area contributed by atoms with Crippen molar-refractivity contribution in [2.24, 2.45) is 0 Å². The number of carbonyl (C=O) groups excluding carboxylic acids is 2. The van der Waals surface area contributed by atoms with Gasteiger partial charge in [0.05, 0.1) is 6.61 Å². The summed E-state index contributed by atoms with van der Waals surface area (Å²) >= 11 is 0. The van der Waals surface area contributed by atoms with Gasteiger partial charge in [-0.25, -0.2) is 4.79 Å². The lowest BCUT2D eigenvalue weighted by Gasteiger charge is -1.98. The fourth-order valence-electron chi connectivity index (χ4n) is 0.959. The molecule has 0 heterocycles. The Labute approximate surface area is 93.6 Å². The largest absolute Gasteiger partial charge is 0.456 e. The average Bonchev–Trinajstić information content (AvgIpc) is 2.28. The van der Waals surface area contributed by atoms with Crippen LogP contribution >= 0.6 is 0 Å². The van der Waals surface area contributed by atoms with Gasteiger partial charge in [0, 0.05) is 17.5 Å². The molecule has 0 aliphatic heterocycles. The highest BCUT2D eigenvalue weighted by Crippen LogP contribution is 2.03. The number of esters is 1. The molecule has 82 valence electrons. The second-order valence-electron chi connectivity index (χ2n) is 2.79. The minimum Gasteiger partial charge on any atom is -0.456 e. The molecule has 1 aromatic rings. The van der Waals surface area contributed by atoms with Crippen molar-refractivity contribution in [1.29, 1.82) is 0 Å². The molecule has 1 rings (SSSR count). The van der Waals surface area contributed by atoms with E-state index in [1.54, 1.807) is 31.2 Å². The molecule has 1 amide bonds. The topological polar surface area (TPSA) is 55.4 Å². The van der Waals surface area contributed by atoms with Gasteiger partial charge in [0.2, 0.25) is 0 Å². The van der Waals surface area contributed by atoms with Crippen LogP contribution in [0.1, 0.15) is 6.92 Å². The zero-order chi connectivity index (χ0) is 11.8. The van der Waals surface area contributed by atoms with E-state index in [0.29, 0.717) is 5.69 Å². The second-order valence-corrected chi connectivity index (χ2v) is 2.79. The first-order valence-electron chi connectivity index (χ1n) is 4.77. The van der Waals surface area contributed by atoms with Crippen LogP contribution in [0.2, 0.25) is 0 Å². The third kappa shape index (κ3) is 4.29. The number of ether oxygens (including phenoxy) is 1. The minimum atomic E-state index is -0.703. The van der Waals surface area contributed by atoms with Gasteiger partial charge in [-0.2, -0.15) is 0 Å². The Morgan fingerprint density at radius 3 is 2.56 bits per heavy atom. The van der Waals surface area contributed by atoms with Crippen LogP contribution in [0.3, 0.4) is 0 Å². The predicted molar refractivity (Wildman–Crippen MR) is 59.5 cm³/mol. The monoisotopic (exact) mass is 217 g/mol. The van der Waals surface area contributed by atoms with Gasteiger partial charge in [0.1, 0.15) is 0 Å². The Balaban J connectivity index is 2.51. The summed E-state index contributed by atoms with van der Waals surface area (Å²) in [7, 11) is 0. The molecule has 0 aromatic heterocycles. The highest BCUT2D eigenvalue weighted by atomic mass is 16.5. The molecule has 0 fully saturated rings. The Morgan fingerprint density at radius 1 is 1.25 bits per heavy atom. The first-order valence-corrected chi connectivity index (χ1v) is 4.77. The van der Waals surface area contributed by atoms with Crippen molar-refractivity contribution in [2.45, 2.75) is 6.92 Å². The van der Waals surface area contributed by atoms with E-state index >= 15 is 0 Å². The highest BCUT2D eigenvalue weighted by Gasteiger charge is 1.98. The molecule has 4 nitrogen and oxygen atoms in total. The van der Waals surface area contributed by atoms with Crippen molar-refractivity contribution < 1.29 is 14.3 Å². The van der Waals surface area contributed by atoms with Crippen molar-refractivity contribution in [3.8, 4) is 11.8 Å². The molecule has 0 unspecified atom stereocenters. The van der Waals surface area contributed by atoms with Crippen LogP contribution in [-0.4, -0.2) is 18.5 Å². The summed E-state index contributed by atoms with van der Waals surface area (Å²) < 4.78 is 4.55. The van der Waals surface area contributed by atoms with E-state index in [4.69, 9.17) is 0 Å². The van der Waals surface area contributed by atoms with Gasteiger partial charge in [-0.1, -0.05) is 18.2 Å². The maximum absolute atomic E-state index is 11.2. The third-order valence-electron chi connectivity index (χ3n) is 1.59. The van der Waals surface area contributed by atoms with E-state index < -0.39 is 11.9 Å². The fourth-order valence-corrected chi connectivity index (χ4v) is 0.959. The smallest absolute Gasteiger partial charge is 0.384 e. The molecule has 0 bridgehead atoms. The van der Waals surface area contributed by atoms with Gasteiger partial charge in [-0.3, -0.25) is 4.79 Å². The Hall–Kier alpha value is -2.28. The Kier molecular flexibility index (Phi) is 4.61. The van der Waals surface area contributed by atoms with Gasteiger partial charge in [0.15, 0.2) is 0 Å². The molecule has 0 atom stereocenters. The van der Waals surface area contributed by atoms with Gasteiger partial charge >= 0.3 is 11.9 Å². The van der Waals surface area contributed by atoms with E-state index in [-0.39, 0.29) is 6.61 Å². The molecule has 0 aliphatic carbocycles. The van der Waals surface area contributed by atoms with Crippen LogP contribution in [0.4, 0.5) is 5.69 Å². The summed E-state index contributed by atoms with van der Waals surface area (Å²) in [5.74, 6) is 2.98.